The van der Waals surface area contributed by atoms with Gasteiger partial charge in [-0.25, -0.2) is 4.39 Å². The van der Waals surface area contributed by atoms with Crippen LogP contribution in [0.5, 0.6) is 11.5 Å². The summed E-state index contributed by atoms with van der Waals surface area (Å²) >= 11 is 0. The van der Waals surface area contributed by atoms with E-state index in [-0.39, 0.29) is 22.8 Å². The molecule has 15 heavy (non-hydrogen) atoms. The Morgan fingerprint density at radius 1 is 1.47 bits per heavy atom. The molecule has 0 heterocycles. The molecule has 0 spiro atoms. The van der Waals surface area contributed by atoms with Gasteiger partial charge in [0.1, 0.15) is 0 Å². The summed E-state index contributed by atoms with van der Waals surface area (Å²) in [6.07, 6.45) is 0. The molecule has 1 rings (SSSR count). The number of hydrogen-bond acceptors (Lipinski definition) is 3. The van der Waals surface area contributed by atoms with E-state index in [0.29, 0.717) is 6.61 Å². The minimum absolute atomic E-state index is 0.0463. The molecule has 0 unspecified atom stereocenters. The summed E-state index contributed by atoms with van der Waals surface area (Å²) in [5.41, 5.74) is 0.271. The molecule has 0 saturated heterocycles. The van der Waals surface area contributed by atoms with Crippen LogP contribution in [0.3, 0.4) is 0 Å². The molecule has 1 aromatic carbocycles. The van der Waals surface area contributed by atoms with Gasteiger partial charge in [-0.1, -0.05) is 0 Å². The minimum atomic E-state index is -0.582. The van der Waals surface area contributed by atoms with Gasteiger partial charge in [0.15, 0.2) is 23.1 Å². The van der Waals surface area contributed by atoms with Crippen molar-refractivity contribution in [2.75, 3.05) is 13.7 Å². The zero-order valence-electron chi connectivity index (χ0n) is 8.96. The molecule has 82 valence electrons. The summed E-state index contributed by atoms with van der Waals surface area (Å²) in [6.45, 7) is 3.46. The Hall–Kier alpha value is -1.58. The second kappa shape index (κ2) is 4.77. The summed E-state index contributed by atoms with van der Waals surface area (Å²) in [4.78, 5) is 11.1. The first-order valence-corrected chi connectivity index (χ1v) is 4.61. The van der Waals surface area contributed by atoms with Crippen molar-refractivity contribution in [1.82, 2.24) is 0 Å². The SMILES string of the molecule is CCOc1c(F)cc(C(C)=O)cc1OC. The molecule has 3 nitrogen and oxygen atoms in total. The van der Waals surface area contributed by atoms with E-state index in [1.807, 2.05) is 0 Å². The van der Waals surface area contributed by atoms with Gasteiger partial charge < -0.3 is 9.47 Å². The number of halogens is 1. The van der Waals surface area contributed by atoms with Crippen LogP contribution < -0.4 is 9.47 Å². The lowest BCUT2D eigenvalue weighted by Gasteiger charge is -2.11. The van der Waals surface area contributed by atoms with Crippen LogP contribution in [0.4, 0.5) is 4.39 Å². The Morgan fingerprint density at radius 2 is 2.13 bits per heavy atom. The Kier molecular flexibility index (Phi) is 3.66. The first-order valence-electron chi connectivity index (χ1n) is 4.61. The highest BCUT2D eigenvalue weighted by atomic mass is 19.1. The average Bonchev–Trinajstić information content (AvgIpc) is 2.20. The van der Waals surface area contributed by atoms with Gasteiger partial charge in [0, 0.05) is 5.56 Å². The number of ketones is 1. The van der Waals surface area contributed by atoms with Crippen molar-refractivity contribution < 1.29 is 18.7 Å². The molecule has 0 bridgehead atoms. The number of methoxy groups -OCH3 is 1. The average molecular weight is 212 g/mol. The molecule has 0 radical (unpaired) electrons. The van der Waals surface area contributed by atoms with Gasteiger partial charge in [0.05, 0.1) is 13.7 Å². The van der Waals surface area contributed by atoms with E-state index >= 15 is 0 Å². The normalized spacial score (nSPS) is 9.87. The highest BCUT2D eigenvalue weighted by Gasteiger charge is 2.14. The zero-order chi connectivity index (χ0) is 11.4. The standard InChI is InChI=1S/C11H13FO3/c1-4-15-11-9(12)5-8(7(2)13)6-10(11)14-3/h5-6H,4H2,1-3H3. The van der Waals surface area contributed by atoms with Crippen molar-refractivity contribution in [2.24, 2.45) is 0 Å². The van der Waals surface area contributed by atoms with E-state index in [4.69, 9.17) is 9.47 Å². The third-order valence-corrected chi connectivity index (χ3v) is 1.92. The molecule has 0 atom stereocenters. The Labute approximate surface area is 87.8 Å². The lowest BCUT2D eigenvalue weighted by Crippen LogP contribution is -2.01. The van der Waals surface area contributed by atoms with Crippen LogP contribution in [-0.2, 0) is 0 Å². The number of carbonyl (C=O) groups excluding carboxylic acids is 1. The Balaban J connectivity index is 3.24. The number of rotatable bonds is 4. The molecule has 0 aliphatic heterocycles. The second-order valence-corrected chi connectivity index (χ2v) is 2.98. The first kappa shape index (κ1) is 11.5. The molecule has 4 heteroatoms. The number of Topliss-reactive ketones (excluding diaryl/α,β-unsaturated/α-hetero) is 1. The lowest BCUT2D eigenvalue weighted by atomic mass is 10.1. The van der Waals surface area contributed by atoms with Crippen LogP contribution in [0.25, 0.3) is 0 Å². The van der Waals surface area contributed by atoms with Crippen LogP contribution >= 0.6 is 0 Å². The van der Waals surface area contributed by atoms with Crippen molar-refractivity contribution in [3.8, 4) is 11.5 Å². The fourth-order valence-electron chi connectivity index (χ4n) is 1.21. The molecular formula is C11H13FO3. The number of carbonyl (C=O) groups is 1. The van der Waals surface area contributed by atoms with E-state index in [2.05, 4.69) is 0 Å². The number of ether oxygens (including phenoxy) is 2. The Morgan fingerprint density at radius 3 is 2.60 bits per heavy atom. The maximum absolute atomic E-state index is 13.5. The van der Waals surface area contributed by atoms with Gasteiger partial charge >= 0.3 is 0 Å². The number of benzene rings is 1. The highest BCUT2D eigenvalue weighted by molar-refractivity contribution is 5.94. The fraction of sp³-hybridized carbons (Fsp3) is 0.364. The van der Waals surface area contributed by atoms with Crippen LogP contribution in [0.1, 0.15) is 24.2 Å². The van der Waals surface area contributed by atoms with Crippen molar-refractivity contribution in [3.63, 3.8) is 0 Å². The van der Waals surface area contributed by atoms with Gasteiger partial charge in [0.25, 0.3) is 0 Å². The van der Waals surface area contributed by atoms with E-state index in [0.717, 1.165) is 6.07 Å². The number of hydrogen-bond donors (Lipinski definition) is 0. The van der Waals surface area contributed by atoms with Crippen molar-refractivity contribution in [1.29, 1.82) is 0 Å². The van der Waals surface area contributed by atoms with E-state index in [9.17, 15) is 9.18 Å². The van der Waals surface area contributed by atoms with Gasteiger partial charge in [-0.15, -0.1) is 0 Å². The zero-order valence-corrected chi connectivity index (χ0v) is 8.96. The molecule has 0 N–H and O–H groups in total. The molecular weight excluding hydrogens is 199 g/mol. The maximum Gasteiger partial charge on any atom is 0.197 e. The van der Waals surface area contributed by atoms with Crippen LogP contribution in [0, 0.1) is 5.82 Å². The van der Waals surface area contributed by atoms with Crippen LogP contribution in [0.2, 0.25) is 0 Å². The quantitative estimate of drug-likeness (QED) is 0.719. The summed E-state index contributed by atoms with van der Waals surface area (Å²) in [5, 5.41) is 0. The monoisotopic (exact) mass is 212 g/mol. The smallest absolute Gasteiger partial charge is 0.197 e. The van der Waals surface area contributed by atoms with Crippen LogP contribution in [-0.4, -0.2) is 19.5 Å². The first-order chi connectivity index (χ1) is 7.10. The second-order valence-electron chi connectivity index (χ2n) is 2.98. The molecule has 0 fully saturated rings. The molecule has 0 saturated carbocycles. The molecule has 1 aromatic rings. The largest absolute Gasteiger partial charge is 0.493 e. The topological polar surface area (TPSA) is 35.5 Å². The summed E-state index contributed by atoms with van der Waals surface area (Å²) in [6, 6.07) is 2.62. The van der Waals surface area contributed by atoms with Gasteiger partial charge in [-0.2, -0.15) is 0 Å². The van der Waals surface area contributed by atoms with Crippen molar-refractivity contribution >= 4 is 5.78 Å². The third-order valence-electron chi connectivity index (χ3n) is 1.92. The summed E-state index contributed by atoms with van der Waals surface area (Å²) in [7, 11) is 1.40. The van der Waals surface area contributed by atoms with E-state index in [1.54, 1.807) is 6.92 Å². The maximum atomic E-state index is 13.5. The van der Waals surface area contributed by atoms with Crippen LogP contribution in [0.15, 0.2) is 12.1 Å². The highest BCUT2D eigenvalue weighted by Crippen LogP contribution is 2.31. The van der Waals surface area contributed by atoms with Crippen molar-refractivity contribution in [3.05, 3.63) is 23.5 Å². The summed E-state index contributed by atoms with van der Waals surface area (Å²) < 4.78 is 23.5. The predicted octanol–water partition coefficient (Wildman–Crippen LogP) is 2.44. The van der Waals surface area contributed by atoms with E-state index in [1.165, 1.54) is 20.1 Å². The lowest BCUT2D eigenvalue weighted by molar-refractivity contribution is 0.101. The summed E-state index contributed by atoms with van der Waals surface area (Å²) in [5.74, 6) is -0.510. The molecule has 0 aliphatic carbocycles. The van der Waals surface area contributed by atoms with Gasteiger partial charge in [0.2, 0.25) is 0 Å². The molecule has 0 aliphatic rings. The Bertz CT molecular complexity index is 374. The third kappa shape index (κ3) is 2.46. The van der Waals surface area contributed by atoms with Gasteiger partial charge in [-0.3, -0.25) is 4.79 Å². The van der Waals surface area contributed by atoms with Gasteiger partial charge in [-0.05, 0) is 26.0 Å². The molecule has 0 aromatic heterocycles. The van der Waals surface area contributed by atoms with E-state index < -0.39 is 5.82 Å². The predicted molar refractivity (Wildman–Crippen MR) is 54.1 cm³/mol. The molecule has 0 amide bonds. The minimum Gasteiger partial charge on any atom is -0.493 e. The van der Waals surface area contributed by atoms with Crippen molar-refractivity contribution in [2.45, 2.75) is 13.8 Å². The fourth-order valence-corrected chi connectivity index (χ4v) is 1.21.